The standard InChI is InChI=1S/C14H19N3OS/c1-3-12(15)8-19-9-13-16-17-14(18-13)11-6-4-10(2)5-7-11/h4-7,12H,3,8-9,15H2,1-2H3. The van der Waals surface area contributed by atoms with E-state index in [1.807, 2.05) is 24.3 Å². The third-order valence-electron chi connectivity index (χ3n) is 2.85. The third-order valence-corrected chi connectivity index (χ3v) is 3.96. The normalized spacial score (nSPS) is 12.6. The van der Waals surface area contributed by atoms with Crippen molar-refractivity contribution in [1.29, 1.82) is 0 Å². The average molecular weight is 277 g/mol. The van der Waals surface area contributed by atoms with Gasteiger partial charge in [0.05, 0.1) is 5.75 Å². The van der Waals surface area contributed by atoms with E-state index in [9.17, 15) is 0 Å². The maximum Gasteiger partial charge on any atom is 0.247 e. The number of aromatic nitrogens is 2. The van der Waals surface area contributed by atoms with Crippen molar-refractivity contribution in [2.75, 3.05) is 5.75 Å². The molecule has 4 nitrogen and oxygen atoms in total. The highest BCUT2D eigenvalue weighted by Gasteiger charge is 2.09. The Labute approximate surface area is 117 Å². The molecule has 2 N–H and O–H groups in total. The number of rotatable bonds is 6. The molecule has 0 saturated heterocycles. The van der Waals surface area contributed by atoms with Crippen molar-refractivity contribution in [1.82, 2.24) is 10.2 Å². The lowest BCUT2D eigenvalue weighted by Gasteiger charge is -2.05. The van der Waals surface area contributed by atoms with Crippen molar-refractivity contribution in [3.8, 4) is 11.5 Å². The monoisotopic (exact) mass is 277 g/mol. The quantitative estimate of drug-likeness (QED) is 0.879. The first-order valence-electron chi connectivity index (χ1n) is 6.41. The summed E-state index contributed by atoms with van der Waals surface area (Å²) in [5.41, 5.74) is 8.03. The number of aryl methyl sites for hydroxylation is 1. The van der Waals surface area contributed by atoms with Crippen molar-refractivity contribution in [2.24, 2.45) is 5.73 Å². The van der Waals surface area contributed by atoms with Crippen LogP contribution >= 0.6 is 11.8 Å². The Morgan fingerprint density at radius 2 is 2.00 bits per heavy atom. The minimum Gasteiger partial charge on any atom is -0.420 e. The molecule has 0 radical (unpaired) electrons. The Kier molecular flexibility index (Phi) is 4.99. The van der Waals surface area contributed by atoms with Crippen LogP contribution in [-0.4, -0.2) is 22.0 Å². The Balaban J connectivity index is 1.93. The molecule has 2 rings (SSSR count). The number of thioether (sulfide) groups is 1. The second-order valence-electron chi connectivity index (χ2n) is 4.55. The third kappa shape index (κ3) is 4.08. The number of hydrogen-bond acceptors (Lipinski definition) is 5. The van der Waals surface area contributed by atoms with Crippen molar-refractivity contribution in [2.45, 2.75) is 32.1 Å². The van der Waals surface area contributed by atoms with Gasteiger partial charge >= 0.3 is 0 Å². The van der Waals surface area contributed by atoms with Crippen LogP contribution < -0.4 is 5.73 Å². The molecular formula is C14H19N3OS. The molecule has 1 unspecified atom stereocenters. The van der Waals surface area contributed by atoms with E-state index >= 15 is 0 Å². The Bertz CT molecular complexity index is 510. The van der Waals surface area contributed by atoms with Gasteiger partial charge in [-0.3, -0.25) is 0 Å². The first-order valence-corrected chi connectivity index (χ1v) is 7.57. The molecular weight excluding hydrogens is 258 g/mol. The van der Waals surface area contributed by atoms with Gasteiger partial charge in [-0.2, -0.15) is 11.8 Å². The van der Waals surface area contributed by atoms with E-state index in [1.54, 1.807) is 11.8 Å². The van der Waals surface area contributed by atoms with Gasteiger partial charge in [0.15, 0.2) is 0 Å². The predicted molar refractivity (Wildman–Crippen MR) is 78.9 cm³/mol. The Morgan fingerprint density at radius 3 is 2.68 bits per heavy atom. The van der Waals surface area contributed by atoms with Crippen LogP contribution in [0.15, 0.2) is 28.7 Å². The molecule has 2 aromatic rings. The summed E-state index contributed by atoms with van der Waals surface area (Å²) >= 11 is 1.73. The zero-order chi connectivity index (χ0) is 13.7. The molecule has 1 aromatic carbocycles. The maximum atomic E-state index is 5.86. The minimum absolute atomic E-state index is 0.240. The van der Waals surface area contributed by atoms with Crippen LogP contribution in [0, 0.1) is 6.92 Å². The molecule has 0 fully saturated rings. The summed E-state index contributed by atoms with van der Waals surface area (Å²) in [5.74, 6) is 2.87. The highest BCUT2D eigenvalue weighted by molar-refractivity contribution is 7.98. The first-order chi connectivity index (χ1) is 9.19. The number of hydrogen-bond donors (Lipinski definition) is 1. The van der Waals surface area contributed by atoms with Crippen LogP contribution in [0.3, 0.4) is 0 Å². The summed E-state index contributed by atoms with van der Waals surface area (Å²) < 4.78 is 5.64. The molecule has 0 amide bonds. The van der Waals surface area contributed by atoms with Gasteiger partial charge in [0, 0.05) is 17.4 Å². The molecule has 0 aliphatic heterocycles. The van der Waals surface area contributed by atoms with Crippen molar-refractivity contribution >= 4 is 11.8 Å². The predicted octanol–water partition coefficient (Wildman–Crippen LogP) is 3.02. The van der Waals surface area contributed by atoms with E-state index in [1.165, 1.54) is 5.56 Å². The van der Waals surface area contributed by atoms with Crippen molar-refractivity contribution in [3.63, 3.8) is 0 Å². The molecule has 5 heteroatoms. The van der Waals surface area contributed by atoms with Crippen LogP contribution in [0.1, 0.15) is 24.8 Å². The molecule has 102 valence electrons. The van der Waals surface area contributed by atoms with E-state index in [0.717, 1.165) is 17.7 Å². The van der Waals surface area contributed by atoms with Gasteiger partial charge in [-0.05, 0) is 25.5 Å². The lowest BCUT2D eigenvalue weighted by molar-refractivity contribution is 0.528. The Hall–Kier alpha value is -1.33. The van der Waals surface area contributed by atoms with Crippen molar-refractivity contribution < 1.29 is 4.42 Å². The summed E-state index contributed by atoms with van der Waals surface area (Å²) in [6.07, 6.45) is 0.992. The van der Waals surface area contributed by atoms with Crippen molar-refractivity contribution in [3.05, 3.63) is 35.7 Å². The van der Waals surface area contributed by atoms with Gasteiger partial charge < -0.3 is 10.2 Å². The average Bonchev–Trinajstić information content (AvgIpc) is 2.88. The van der Waals surface area contributed by atoms with E-state index in [2.05, 4.69) is 24.0 Å². The summed E-state index contributed by atoms with van der Waals surface area (Å²) in [7, 11) is 0. The number of benzene rings is 1. The zero-order valence-electron chi connectivity index (χ0n) is 11.3. The van der Waals surface area contributed by atoms with Crippen LogP contribution in [0.4, 0.5) is 0 Å². The fourth-order valence-corrected chi connectivity index (χ4v) is 2.49. The van der Waals surface area contributed by atoms with Gasteiger partial charge in [-0.15, -0.1) is 10.2 Å². The lowest BCUT2D eigenvalue weighted by atomic mass is 10.1. The largest absolute Gasteiger partial charge is 0.420 e. The molecule has 0 aliphatic rings. The maximum absolute atomic E-state index is 5.86. The molecule has 1 atom stereocenters. The fraction of sp³-hybridized carbons (Fsp3) is 0.429. The summed E-state index contributed by atoms with van der Waals surface area (Å²) in [4.78, 5) is 0. The molecule has 0 saturated carbocycles. The second-order valence-corrected chi connectivity index (χ2v) is 5.58. The SMILES string of the molecule is CCC(N)CSCc1nnc(-c2ccc(C)cc2)o1. The number of nitrogens with two attached hydrogens (primary N) is 1. The van der Waals surface area contributed by atoms with Gasteiger partial charge in [0.2, 0.25) is 11.8 Å². The number of nitrogens with zero attached hydrogens (tertiary/aromatic N) is 2. The van der Waals surface area contributed by atoms with E-state index in [-0.39, 0.29) is 6.04 Å². The zero-order valence-corrected chi connectivity index (χ0v) is 12.1. The van der Waals surface area contributed by atoms with Crippen LogP contribution in [0.5, 0.6) is 0 Å². The smallest absolute Gasteiger partial charge is 0.247 e. The fourth-order valence-electron chi connectivity index (χ4n) is 1.54. The second kappa shape index (κ2) is 6.73. The molecule has 0 spiro atoms. The Morgan fingerprint density at radius 1 is 1.26 bits per heavy atom. The van der Waals surface area contributed by atoms with E-state index in [0.29, 0.717) is 17.5 Å². The van der Waals surface area contributed by atoms with Crippen LogP contribution in [-0.2, 0) is 5.75 Å². The van der Waals surface area contributed by atoms with Gasteiger partial charge in [0.1, 0.15) is 0 Å². The molecule has 1 aromatic heterocycles. The highest BCUT2D eigenvalue weighted by atomic mass is 32.2. The lowest BCUT2D eigenvalue weighted by Crippen LogP contribution is -2.21. The summed E-state index contributed by atoms with van der Waals surface area (Å²) in [5, 5.41) is 8.13. The molecule has 1 heterocycles. The first kappa shape index (κ1) is 14.1. The van der Waals surface area contributed by atoms with E-state index < -0.39 is 0 Å². The molecule has 19 heavy (non-hydrogen) atoms. The van der Waals surface area contributed by atoms with Gasteiger partial charge in [-0.25, -0.2) is 0 Å². The minimum atomic E-state index is 0.240. The highest BCUT2D eigenvalue weighted by Crippen LogP contribution is 2.20. The summed E-state index contributed by atoms with van der Waals surface area (Å²) in [6, 6.07) is 8.30. The van der Waals surface area contributed by atoms with Crippen LogP contribution in [0.25, 0.3) is 11.5 Å². The van der Waals surface area contributed by atoms with E-state index in [4.69, 9.17) is 10.2 Å². The molecule has 0 aliphatic carbocycles. The molecule has 0 bridgehead atoms. The topological polar surface area (TPSA) is 64.9 Å². The van der Waals surface area contributed by atoms with Crippen LogP contribution in [0.2, 0.25) is 0 Å². The van der Waals surface area contributed by atoms with Gasteiger partial charge in [0.25, 0.3) is 0 Å². The summed E-state index contributed by atoms with van der Waals surface area (Å²) in [6.45, 7) is 4.14. The van der Waals surface area contributed by atoms with Gasteiger partial charge in [-0.1, -0.05) is 24.6 Å².